The van der Waals surface area contributed by atoms with Gasteiger partial charge in [0.15, 0.2) is 0 Å². The Bertz CT molecular complexity index is 584. The smallest absolute Gasteiger partial charge is 0.330 e. The molecule has 0 radical (unpaired) electrons. The second-order valence-corrected chi connectivity index (χ2v) is 5.24. The highest BCUT2D eigenvalue weighted by molar-refractivity contribution is 5.85. The molecule has 0 aliphatic carbocycles. The second kappa shape index (κ2) is 14.7. The van der Waals surface area contributed by atoms with Gasteiger partial charge in [0.2, 0.25) is 0 Å². The molecular formula is C23H28O2. The van der Waals surface area contributed by atoms with E-state index in [0.717, 1.165) is 12.8 Å². The normalized spacial score (nSPS) is 8.68. The highest BCUT2D eigenvalue weighted by Gasteiger charge is 2.00. The van der Waals surface area contributed by atoms with Crippen LogP contribution < -0.4 is 0 Å². The molecule has 0 aromatic heterocycles. The monoisotopic (exact) mass is 336 g/mol. The van der Waals surface area contributed by atoms with Gasteiger partial charge in [-0.2, -0.15) is 0 Å². The molecule has 0 aliphatic rings. The molecule has 0 atom stereocenters. The average molecular weight is 336 g/mol. The Morgan fingerprint density at radius 2 is 1.32 bits per heavy atom. The molecule has 0 aliphatic heterocycles. The highest BCUT2D eigenvalue weighted by atomic mass is 16.4. The van der Waals surface area contributed by atoms with Crippen molar-refractivity contribution in [2.45, 2.75) is 26.2 Å². The van der Waals surface area contributed by atoms with Crippen LogP contribution in [0.4, 0.5) is 0 Å². The third-order valence-corrected chi connectivity index (χ3v) is 3.21. The Labute approximate surface area is 151 Å². The van der Waals surface area contributed by atoms with Crippen LogP contribution in [-0.4, -0.2) is 11.1 Å². The topological polar surface area (TPSA) is 37.3 Å². The number of carboxylic acid groups (broad SMARTS) is 1. The van der Waals surface area contributed by atoms with Crippen molar-refractivity contribution in [2.24, 2.45) is 0 Å². The maximum Gasteiger partial charge on any atom is 0.330 e. The maximum absolute atomic E-state index is 10.1. The summed E-state index contributed by atoms with van der Waals surface area (Å²) in [6.45, 7) is 12.7. The standard InChI is InChI=1S/2C8H8.C7H12O2/c2*1-2-8-6-4-3-5-7-8;1-3-4-5-6(2)7(8)9/h2*2-7H,1H2;2-5H2,1H3,(H,8,9). The van der Waals surface area contributed by atoms with Gasteiger partial charge in [0.1, 0.15) is 0 Å². The van der Waals surface area contributed by atoms with Crippen LogP contribution >= 0.6 is 0 Å². The van der Waals surface area contributed by atoms with Crippen molar-refractivity contribution < 1.29 is 9.90 Å². The van der Waals surface area contributed by atoms with E-state index in [1.165, 1.54) is 11.1 Å². The van der Waals surface area contributed by atoms with E-state index in [1.54, 1.807) is 0 Å². The lowest BCUT2D eigenvalue weighted by Gasteiger charge is -1.95. The molecule has 1 N–H and O–H groups in total. The van der Waals surface area contributed by atoms with Crippen molar-refractivity contribution in [3.8, 4) is 0 Å². The summed E-state index contributed by atoms with van der Waals surface area (Å²) in [7, 11) is 0. The number of aliphatic carboxylic acids is 1. The molecule has 2 aromatic rings. The summed E-state index contributed by atoms with van der Waals surface area (Å²) in [6, 6.07) is 20.1. The quantitative estimate of drug-likeness (QED) is 0.613. The molecule has 0 saturated carbocycles. The van der Waals surface area contributed by atoms with Gasteiger partial charge in [0.05, 0.1) is 0 Å². The zero-order valence-electron chi connectivity index (χ0n) is 15.0. The Hall–Kier alpha value is -2.87. The van der Waals surface area contributed by atoms with Crippen molar-refractivity contribution in [1.29, 1.82) is 0 Å². The van der Waals surface area contributed by atoms with Crippen molar-refractivity contribution in [3.05, 3.63) is 97.1 Å². The van der Waals surface area contributed by atoms with E-state index in [-0.39, 0.29) is 0 Å². The molecule has 0 heterocycles. The van der Waals surface area contributed by atoms with Gasteiger partial charge in [-0.15, -0.1) is 0 Å². The predicted octanol–water partition coefficient (Wildman–Crippen LogP) is 6.48. The summed E-state index contributed by atoms with van der Waals surface area (Å²) in [5.74, 6) is -0.872. The number of carbonyl (C=O) groups is 1. The number of carboxylic acids is 1. The van der Waals surface area contributed by atoms with E-state index in [2.05, 4.69) is 19.7 Å². The second-order valence-electron chi connectivity index (χ2n) is 5.24. The third-order valence-electron chi connectivity index (χ3n) is 3.21. The zero-order chi connectivity index (χ0) is 18.9. The molecule has 0 bridgehead atoms. The minimum atomic E-state index is -0.872. The van der Waals surface area contributed by atoms with Crippen LogP contribution in [0.15, 0.2) is 86.0 Å². The number of benzene rings is 2. The van der Waals surface area contributed by atoms with E-state index in [9.17, 15) is 4.79 Å². The summed E-state index contributed by atoms with van der Waals surface area (Å²) < 4.78 is 0. The first-order valence-electron chi connectivity index (χ1n) is 8.31. The number of unbranched alkanes of at least 4 members (excludes halogenated alkanes) is 1. The van der Waals surface area contributed by atoms with Gasteiger partial charge in [-0.25, -0.2) is 4.79 Å². The third kappa shape index (κ3) is 12.2. The lowest BCUT2D eigenvalue weighted by Crippen LogP contribution is -1.97. The van der Waals surface area contributed by atoms with E-state index in [1.807, 2.05) is 79.7 Å². The minimum Gasteiger partial charge on any atom is -0.478 e. The lowest BCUT2D eigenvalue weighted by molar-refractivity contribution is -0.132. The summed E-state index contributed by atoms with van der Waals surface area (Å²) in [4.78, 5) is 10.1. The molecule has 0 unspecified atom stereocenters. The number of hydrogen-bond acceptors (Lipinski definition) is 1. The molecule has 2 aromatic carbocycles. The fraction of sp³-hybridized carbons (Fsp3) is 0.174. The van der Waals surface area contributed by atoms with E-state index in [0.29, 0.717) is 12.0 Å². The minimum absolute atomic E-state index is 0.317. The first-order chi connectivity index (χ1) is 12.0. The van der Waals surface area contributed by atoms with Crippen LogP contribution in [0.2, 0.25) is 0 Å². The maximum atomic E-state index is 10.1. The molecular weight excluding hydrogens is 308 g/mol. The Morgan fingerprint density at radius 1 is 0.920 bits per heavy atom. The van der Waals surface area contributed by atoms with Gasteiger partial charge in [-0.05, 0) is 24.0 Å². The van der Waals surface area contributed by atoms with E-state index < -0.39 is 5.97 Å². The Balaban J connectivity index is 0.000000346. The highest BCUT2D eigenvalue weighted by Crippen LogP contribution is 2.03. The van der Waals surface area contributed by atoms with Crippen LogP contribution in [0.1, 0.15) is 37.3 Å². The summed E-state index contributed by atoms with van der Waals surface area (Å²) in [6.07, 6.45) is 6.23. The van der Waals surface area contributed by atoms with E-state index in [4.69, 9.17) is 5.11 Å². The zero-order valence-corrected chi connectivity index (χ0v) is 15.0. The molecule has 2 heteroatoms. The van der Waals surface area contributed by atoms with Crippen molar-refractivity contribution in [2.75, 3.05) is 0 Å². The number of hydrogen-bond donors (Lipinski definition) is 1. The van der Waals surface area contributed by atoms with Crippen LogP contribution in [0, 0.1) is 0 Å². The molecule has 0 amide bonds. The molecule has 0 spiro atoms. The van der Waals surface area contributed by atoms with Crippen LogP contribution in [0.3, 0.4) is 0 Å². The first kappa shape index (κ1) is 22.1. The Morgan fingerprint density at radius 3 is 1.56 bits per heavy atom. The first-order valence-corrected chi connectivity index (χ1v) is 8.31. The van der Waals surface area contributed by atoms with Gasteiger partial charge in [-0.3, -0.25) is 0 Å². The van der Waals surface area contributed by atoms with Crippen molar-refractivity contribution >= 4 is 18.1 Å². The molecule has 132 valence electrons. The Kier molecular flexibility index (Phi) is 13.0. The van der Waals surface area contributed by atoms with E-state index >= 15 is 0 Å². The summed E-state index contributed by atoms with van der Waals surface area (Å²) in [5.41, 5.74) is 2.66. The van der Waals surface area contributed by atoms with Crippen molar-refractivity contribution in [1.82, 2.24) is 0 Å². The van der Waals surface area contributed by atoms with Crippen LogP contribution in [-0.2, 0) is 4.79 Å². The molecule has 0 saturated heterocycles. The van der Waals surface area contributed by atoms with Crippen molar-refractivity contribution in [3.63, 3.8) is 0 Å². The van der Waals surface area contributed by atoms with Gasteiger partial charge < -0.3 is 5.11 Å². The lowest BCUT2D eigenvalue weighted by atomic mass is 10.1. The summed E-state index contributed by atoms with van der Waals surface area (Å²) >= 11 is 0. The molecule has 2 nitrogen and oxygen atoms in total. The fourth-order valence-electron chi connectivity index (χ4n) is 1.68. The van der Waals surface area contributed by atoms with Gasteiger partial charge in [0, 0.05) is 5.57 Å². The van der Waals surface area contributed by atoms with Gasteiger partial charge >= 0.3 is 5.97 Å². The summed E-state index contributed by atoms with van der Waals surface area (Å²) in [5, 5.41) is 8.31. The van der Waals surface area contributed by atoms with Crippen LogP contribution in [0.5, 0.6) is 0 Å². The number of rotatable bonds is 6. The molecule has 25 heavy (non-hydrogen) atoms. The fourth-order valence-corrected chi connectivity index (χ4v) is 1.68. The average Bonchev–Trinajstić information content (AvgIpc) is 2.68. The largest absolute Gasteiger partial charge is 0.478 e. The predicted molar refractivity (Wildman–Crippen MR) is 109 cm³/mol. The van der Waals surface area contributed by atoms with Gasteiger partial charge in [-0.1, -0.05) is 106 Å². The molecule has 2 rings (SSSR count). The van der Waals surface area contributed by atoms with Gasteiger partial charge in [0.25, 0.3) is 0 Å². The molecule has 0 fully saturated rings. The van der Waals surface area contributed by atoms with Crippen LogP contribution in [0.25, 0.3) is 12.2 Å². The SMILES string of the molecule is C=C(CCCC)C(=O)O.C=Cc1ccccc1.C=Cc1ccccc1.